The van der Waals surface area contributed by atoms with Crippen molar-refractivity contribution in [3.05, 3.63) is 0 Å². The molecule has 0 fully saturated rings. The van der Waals surface area contributed by atoms with Crippen LogP contribution in [0.25, 0.3) is 0 Å². The van der Waals surface area contributed by atoms with Crippen LogP contribution in [0.1, 0.15) is 26.7 Å². The van der Waals surface area contributed by atoms with Crippen molar-refractivity contribution in [3.63, 3.8) is 0 Å². The van der Waals surface area contributed by atoms with Gasteiger partial charge in [-0.25, -0.2) is 0 Å². The van der Waals surface area contributed by atoms with E-state index >= 15 is 0 Å². The second kappa shape index (κ2) is 7.39. The van der Waals surface area contributed by atoms with Crippen LogP contribution < -0.4 is 5.09 Å². The van der Waals surface area contributed by atoms with Gasteiger partial charge in [-0.3, -0.25) is 5.09 Å². The summed E-state index contributed by atoms with van der Waals surface area (Å²) in [7, 11) is 0.989. The van der Waals surface area contributed by atoms with Gasteiger partial charge in [-0.1, -0.05) is 29.0 Å². The van der Waals surface area contributed by atoms with Crippen LogP contribution in [0.5, 0.6) is 0 Å². The maximum absolute atomic E-state index is 3.31. The molecular formula is C6H16NP. The van der Waals surface area contributed by atoms with Crippen LogP contribution in [0.15, 0.2) is 0 Å². The number of rotatable bonds is 5. The highest BCUT2D eigenvalue weighted by Gasteiger charge is 1.81. The molecule has 0 saturated heterocycles. The first-order valence-electron chi connectivity index (χ1n) is 3.37. The fraction of sp³-hybridized carbons (Fsp3) is 1.00. The molecule has 50 valence electrons. The summed E-state index contributed by atoms with van der Waals surface area (Å²) >= 11 is 0. The molecule has 8 heavy (non-hydrogen) atoms. The molecule has 0 aliphatic carbocycles. The smallest absolute Gasteiger partial charge is 0.00406 e. The maximum Gasteiger partial charge on any atom is -0.00406 e. The summed E-state index contributed by atoms with van der Waals surface area (Å²) in [5.41, 5.74) is 0. The molecule has 0 radical (unpaired) electrons. The monoisotopic (exact) mass is 133 g/mol. The summed E-state index contributed by atoms with van der Waals surface area (Å²) in [6.07, 6.45) is 4.08. The second-order valence-electron chi connectivity index (χ2n) is 1.81. The molecule has 0 aliphatic heterocycles. The molecule has 0 rings (SSSR count). The van der Waals surface area contributed by atoms with Crippen LogP contribution in [-0.4, -0.2) is 12.7 Å². The highest BCUT2D eigenvalue weighted by atomic mass is 31.1. The normalized spacial score (nSPS) is 11.2. The van der Waals surface area contributed by atoms with Gasteiger partial charge in [0.1, 0.15) is 0 Å². The van der Waals surface area contributed by atoms with Crippen molar-refractivity contribution in [2.75, 3.05) is 12.7 Å². The number of unbranched alkanes of at least 4 members (excludes halogenated alkanes) is 1. The van der Waals surface area contributed by atoms with Crippen LogP contribution in [0.3, 0.4) is 0 Å². The third-order valence-corrected chi connectivity index (χ3v) is 2.16. The van der Waals surface area contributed by atoms with Crippen LogP contribution in [0.4, 0.5) is 0 Å². The van der Waals surface area contributed by atoms with Crippen molar-refractivity contribution in [1.29, 1.82) is 0 Å². The summed E-state index contributed by atoms with van der Waals surface area (Å²) in [5.74, 6) is 0. The number of hydrogen-bond donors (Lipinski definition) is 1. The lowest BCUT2D eigenvalue weighted by molar-refractivity contribution is 0.886. The van der Waals surface area contributed by atoms with Crippen molar-refractivity contribution < 1.29 is 0 Å². The van der Waals surface area contributed by atoms with E-state index in [4.69, 9.17) is 0 Å². The predicted octanol–water partition coefficient (Wildman–Crippen LogP) is 1.99. The number of nitrogens with one attached hydrogen (secondary N) is 1. The van der Waals surface area contributed by atoms with Crippen LogP contribution in [0.2, 0.25) is 0 Å². The van der Waals surface area contributed by atoms with E-state index in [9.17, 15) is 0 Å². The van der Waals surface area contributed by atoms with E-state index in [1.54, 1.807) is 0 Å². The highest BCUT2D eigenvalue weighted by molar-refractivity contribution is 7.35. The Balaban J connectivity index is 2.53. The van der Waals surface area contributed by atoms with Gasteiger partial charge in [-0.2, -0.15) is 0 Å². The molecule has 0 aromatic carbocycles. The SMILES string of the molecule is CCCCPNCC. The van der Waals surface area contributed by atoms with E-state index in [1.807, 2.05) is 0 Å². The first-order chi connectivity index (χ1) is 3.91. The molecular weight excluding hydrogens is 117 g/mol. The third-order valence-electron chi connectivity index (χ3n) is 0.957. The van der Waals surface area contributed by atoms with E-state index in [-0.39, 0.29) is 0 Å². The molecule has 0 heterocycles. The Labute approximate surface area is 54.1 Å². The minimum atomic E-state index is 0.989. The molecule has 0 spiro atoms. The fourth-order valence-electron chi connectivity index (χ4n) is 0.479. The topological polar surface area (TPSA) is 12.0 Å². The van der Waals surface area contributed by atoms with Gasteiger partial charge in [0.15, 0.2) is 0 Å². The Hall–Kier alpha value is 0.390. The number of hydrogen-bond acceptors (Lipinski definition) is 1. The molecule has 1 N–H and O–H groups in total. The summed E-state index contributed by atoms with van der Waals surface area (Å²) in [5, 5.41) is 3.31. The van der Waals surface area contributed by atoms with Crippen LogP contribution in [0, 0.1) is 0 Å². The molecule has 1 nitrogen and oxygen atoms in total. The van der Waals surface area contributed by atoms with Gasteiger partial charge in [-0.15, -0.1) is 0 Å². The largest absolute Gasteiger partial charge is 0.298 e. The molecule has 0 saturated carbocycles. The Morgan fingerprint density at radius 2 is 2.12 bits per heavy atom. The average molecular weight is 133 g/mol. The third kappa shape index (κ3) is 6.39. The quantitative estimate of drug-likeness (QED) is 0.446. The molecule has 1 atom stereocenters. The predicted molar refractivity (Wildman–Crippen MR) is 41.8 cm³/mol. The zero-order valence-corrected chi connectivity index (χ0v) is 6.83. The van der Waals surface area contributed by atoms with Gasteiger partial charge in [0, 0.05) is 0 Å². The van der Waals surface area contributed by atoms with Crippen molar-refractivity contribution >= 4 is 8.73 Å². The Kier molecular flexibility index (Phi) is 7.75. The van der Waals surface area contributed by atoms with Gasteiger partial charge >= 0.3 is 0 Å². The molecule has 0 aromatic heterocycles. The molecule has 0 bridgehead atoms. The van der Waals surface area contributed by atoms with E-state index < -0.39 is 0 Å². The van der Waals surface area contributed by atoms with E-state index in [0.29, 0.717) is 0 Å². The molecule has 0 amide bonds. The minimum Gasteiger partial charge on any atom is -0.298 e. The van der Waals surface area contributed by atoms with Gasteiger partial charge in [-0.05, 0) is 19.1 Å². The first-order valence-corrected chi connectivity index (χ1v) is 4.58. The molecule has 0 aromatic rings. The van der Waals surface area contributed by atoms with Gasteiger partial charge in [0.05, 0.1) is 0 Å². The molecule has 0 aliphatic rings. The summed E-state index contributed by atoms with van der Waals surface area (Å²) in [4.78, 5) is 0. The lowest BCUT2D eigenvalue weighted by atomic mass is 10.4. The summed E-state index contributed by atoms with van der Waals surface area (Å²) < 4.78 is 0. The van der Waals surface area contributed by atoms with E-state index in [0.717, 1.165) is 15.3 Å². The first kappa shape index (κ1) is 8.39. The van der Waals surface area contributed by atoms with Crippen molar-refractivity contribution in [3.8, 4) is 0 Å². The lowest BCUT2D eigenvalue weighted by Gasteiger charge is -1.97. The van der Waals surface area contributed by atoms with Gasteiger partial charge < -0.3 is 0 Å². The zero-order chi connectivity index (χ0) is 6.24. The van der Waals surface area contributed by atoms with Gasteiger partial charge in [0.25, 0.3) is 0 Å². The molecule has 1 unspecified atom stereocenters. The highest BCUT2D eigenvalue weighted by Crippen LogP contribution is 2.05. The van der Waals surface area contributed by atoms with Crippen molar-refractivity contribution in [2.45, 2.75) is 26.7 Å². The Bertz CT molecular complexity index is 33.5. The van der Waals surface area contributed by atoms with E-state index in [1.165, 1.54) is 19.0 Å². The summed E-state index contributed by atoms with van der Waals surface area (Å²) in [6.45, 7) is 5.51. The second-order valence-corrected chi connectivity index (χ2v) is 3.02. The van der Waals surface area contributed by atoms with E-state index in [2.05, 4.69) is 18.9 Å². The maximum atomic E-state index is 3.31. The Morgan fingerprint density at radius 3 is 2.62 bits per heavy atom. The fourth-order valence-corrected chi connectivity index (χ4v) is 1.44. The summed E-state index contributed by atoms with van der Waals surface area (Å²) in [6, 6.07) is 0. The molecule has 2 heteroatoms. The minimum absolute atomic E-state index is 0.989. The average Bonchev–Trinajstić information content (AvgIpc) is 1.81. The standard InChI is InChI=1S/C6H16NP/c1-3-5-6-8-7-4-2/h7-8H,3-6H2,1-2H3. The Morgan fingerprint density at radius 1 is 1.38 bits per heavy atom. The van der Waals surface area contributed by atoms with Crippen molar-refractivity contribution in [1.82, 2.24) is 5.09 Å². The van der Waals surface area contributed by atoms with Crippen LogP contribution >= 0.6 is 8.73 Å². The van der Waals surface area contributed by atoms with Gasteiger partial charge in [0.2, 0.25) is 0 Å². The van der Waals surface area contributed by atoms with Crippen LogP contribution in [-0.2, 0) is 0 Å². The zero-order valence-electron chi connectivity index (χ0n) is 5.83. The lowest BCUT2D eigenvalue weighted by Crippen LogP contribution is -1.98. The van der Waals surface area contributed by atoms with Crippen molar-refractivity contribution in [2.24, 2.45) is 0 Å².